The zero-order chi connectivity index (χ0) is 23.2. The van der Waals surface area contributed by atoms with Gasteiger partial charge in [-0.05, 0) is 23.3 Å². The van der Waals surface area contributed by atoms with Crippen molar-refractivity contribution in [2.24, 2.45) is 7.05 Å². The van der Waals surface area contributed by atoms with Crippen molar-refractivity contribution < 1.29 is 4.79 Å². The van der Waals surface area contributed by atoms with E-state index in [1.165, 1.54) is 6.33 Å². The highest BCUT2D eigenvalue weighted by atomic mass is 16.2. The Morgan fingerprint density at radius 3 is 2.56 bits per heavy atom. The molecule has 0 radical (unpaired) electrons. The number of anilines is 1. The van der Waals surface area contributed by atoms with Gasteiger partial charge in [-0.2, -0.15) is 5.10 Å². The molecule has 0 saturated heterocycles. The lowest BCUT2D eigenvalue weighted by Crippen LogP contribution is -2.25. The monoisotopic (exact) mass is 450 g/mol. The van der Waals surface area contributed by atoms with Crippen molar-refractivity contribution in [1.82, 2.24) is 34.2 Å². The number of hydrogen-bond acceptors (Lipinski definition) is 6. The molecule has 1 aliphatic heterocycles. The summed E-state index contributed by atoms with van der Waals surface area (Å²) in [6.07, 6.45) is 3.80. The highest BCUT2D eigenvalue weighted by Crippen LogP contribution is 2.28. The third kappa shape index (κ3) is 3.29. The van der Waals surface area contributed by atoms with Crippen LogP contribution in [-0.4, -0.2) is 40.1 Å². The van der Waals surface area contributed by atoms with E-state index in [1.54, 1.807) is 6.33 Å². The number of amides is 1. The number of nitrogen functional groups attached to an aromatic ring is 1. The van der Waals surface area contributed by atoms with Crippen LogP contribution < -0.4 is 5.73 Å². The second-order valence-electron chi connectivity index (χ2n) is 8.43. The van der Waals surface area contributed by atoms with Gasteiger partial charge in [0.1, 0.15) is 12.7 Å². The summed E-state index contributed by atoms with van der Waals surface area (Å²) in [5.74, 6) is 0.388. The number of carbonyl (C=O) groups is 1. The second kappa shape index (κ2) is 7.80. The molecule has 1 aliphatic rings. The number of hydrogen-bond donors (Lipinski definition) is 1. The Labute approximate surface area is 195 Å². The van der Waals surface area contributed by atoms with Crippen molar-refractivity contribution in [3.05, 3.63) is 95.3 Å². The van der Waals surface area contributed by atoms with Crippen molar-refractivity contribution in [3.63, 3.8) is 0 Å². The lowest BCUT2D eigenvalue weighted by Gasteiger charge is -2.17. The van der Waals surface area contributed by atoms with Gasteiger partial charge in [0, 0.05) is 25.7 Å². The number of fused-ring (bicyclic) bond motifs is 2. The predicted molar refractivity (Wildman–Crippen MR) is 127 cm³/mol. The Morgan fingerprint density at radius 2 is 1.76 bits per heavy atom. The van der Waals surface area contributed by atoms with Crippen molar-refractivity contribution in [1.29, 1.82) is 0 Å². The SMILES string of the molecule is Cn1nc2c(c1Cc1ccccc1)C(=O)N(Cc1ccc(-n3cnc4c(N)ncnc43)cc1)C2. The molecule has 5 aromatic rings. The maximum atomic E-state index is 13.3. The Kier molecular flexibility index (Phi) is 4.61. The van der Waals surface area contributed by atoms with E-state index in [4.69, 9.17) is 5.73 Å². The van der Waals surface area contributed by atoms with Gasteiger partial charge < -0.3 is 10.6 Å². The van der Waals surface area contributed by atoms with Crippen molar-refractivity contribution in [2.75, 3.05) is 5.73 Å². The first-order valence-corrected chi connectivity index (χ1v) is 11.0. The fourth-order valence-corrected chi connectivity index (χ4v) is 4.53. The van der Waals surface area contributed by atoms with Gasteiger partial charge in [0.25, 0.3) is 5.91 Å². The summed E-state index contributed by atoms with van der Waals surface area (Å²) in [4.78, 5) is 27.8. The molecule has 0 spiro atoms. The lowest BCUT2D eigenvalue weighted by molar-refractivity contribution is 0.0763. The third-order valence-corrected chi connectivity index (χ3v) is 6.24. The molecule has 2 N–H and O–H groups in total. The summed E-state index contributed by atoms with van der Waals surface area (Å²) >= 11 is 0. The number of aryl methyl sites for hydroxylation is 1. The molecule has 168 valence electrons. The van der Waals surface area contributed by atoms with Gasteiger partial charge in [-0.3, -0.25) is 14.0 Å². The van der Waals surface area contributed by atoms with E-state index in [2.05, 4.69) is 32.2 Å². The minimum atomic E-state index is 0.0332. The van der Waals surface area contributed by atoms with Crippen LogP contribution in [0.15, 0.2) is 67.3 Å². The van der Waals surface area contributed by atoms with E-state index < -0.39 is 0 Å². The van der Waals surface area contributed by atoms with Crippen LogP contribution in [0.25, 0.3) is 16.9 Å². The molecule has 0 saturated carbocycles. The molecule has 6 rings (SSSR count). The van der Waals surface area contributed by atoms with Gasteiger partial charge in [-0.25, -0.2) is 15.0 Å². The Morgan fingerprint density at radius 1 is 0.971 bits per heavy atom. The number of nitrogens with zero attached hydrogens (tertiary/aromatic N) is 7. The molecule has 4 heterocycles. The predicted octanol–water partition coefficient (Wildman–Crippen LogP) is 2.88. The van der Waals surface area contributed by atoms with Crippen LogP contribution >= 0.6 is 0 Å². The van der Waals surface area contributed by atoms with Crippen LogP contribution in [0.3, 0.4) is 0 Å². The molecule has 0 fully saturated rings. The van der Waals surface area contributed by atoms with Crippen LogP contribution in [0, 0.1) is 0 Å². The molecule has 0 bridgehead atoms. The molecule has 0 aliphatic carbocycles. The number of rotatable bonds is 5. The van der Waals surface area contributed by atoms with E-state index in [9.17, 15) is 4.79 Å². The van der Waals surface area contributed by atoms with Crippen LogP contribution in [0.5, 0.6) is 0 Å². The molecule has 1 amide bonds. The van der Waals surface area contributed by atoms with Crippen LogP contribution in [0.1, 0.15) is 32.9 Å². The maximum Gasteiger partial charge on any atom is 0.258 e. The van der Waals surface area contributed by atoms with Crippen molar-refractivity contribution >= 4 is 22.9 Å². The maximum absolute atomic E-state index is 13.3. The summed E-state index contributed by atoms with van der Waals surface area (Å²) in [5, 5.41) is 4.64. The average Bonchev–Trinajstić information content (AvgIpc) is 3.50. The first-order chi connectivity index (χ1) is 16.6. The zero-order valence-corrected chi connectivity index (χ0v) is 18.6. The molecule has 2 aromatic carbocycles. The smallest absolute Gasteiger partial charge is 0.258 e. The van der Waals surface area contributed by atoms with Gasteiger partial charge in [-0.15, -0.1) is 0 Å². The summed E-state index contributed by atoms with van der Waals surface area (Å²) in [6.45, 7) is 1.03. The van der Waals surface area contributed by atoms with E-state index >= 15 is 0 Å². The molecule has 34 heavy (non-hydrogen) atoms. The van der Waals surface area contributed by atoms with Gasteiger partial charge in [-0.1, -0.05) is 42.5 Å². The molecule has 9 nitrogen and oxygen atoms in total. The second-order valence-corrected chi connectivity index (χ2v) is 8.43. The largest absolute Gasteiger partial charge is 0.382 e. The lowest BCUT2D eigenvalue weighted by atomic mass is 10.1. The third-order valence-electron chi connectivity index (χ3n) is 6.24. The van der Waals surface area contributed by atoms with Gasteiger partial charge in [0.2, 0.25) is 0 Å². The Balaban J connectivity index is 1.22. The van der Waals surface area contributed by atoms with E-state index in [-0.39, 0.29) is 5.91 Å². The molecule has 3 aromatic heterocycles. The number of aromatic nitrogens is 6. The first-order valence-electron chi connectivity index (χ1n) is 11.0. The summed E-state index contributed by atoms with van der Waals surface area (Å²) in [6, 6.07) is 18.2. The topological polar surface area (TPSA) is 108 Å². The van der Waals surface area contributed by atoms with Crippen LogP contribution in [-0.2, 0) is 26.6 Å². The van der Waals surface area contributed by atoms with Crippen LogP contribution in [0.2, 0.25) is 0 Å². The fourth-order valence-electron chi connectivity index (χ4n) is 4.53. The molecular formula is C25H22N8O. The average molecular weight is 451 g/mol. The summed E-state index contributed by atoms with van der Waals surface area (Å²) < 4.78 is 3.71. The van der Waals surface area contributed by atoms with E-state index in [0.717, 1.165) is 33.8 Å². The van der Waals surface area contributed by atoms with Gasteiger partial charge in [0.05, 0.1) is 23.5 Å². The van der Waals surface area contributed by atoms with Gasteiger partial charge >= 0.3 is 0 Å². The highest BCUT2D eigenvalue weighted by molar-refractivity contribution is 5.99. The Hall–Kier alpha value is -4.53. The Bertz CT molecular complexity index is 1520. The van der Waals surface area contributed by atoms with Crippen molar-refractivity contribution in [3.8, 4) is 5.69 Å². The molecule has 9 heteroatoms. The summed E-state index contributed by atoms with van der Waals surface area (Å²) in [7, 11) is 1.91. The van der Waals surface area contributed by atoms with Crippen LogP contribution in [0.4, 0.5) is 5.82 Å². The minimum Gasteiger partial charge on any atom is -0.382 e. The number of carbonyl (C=O) groups excluding carboxylic acids is 1. The quantitative estimate of drug-likeness (QED) is 0.441. The fraction of sp³-hybridized carbons (Fsp3) is 0.160. The highest BCUT2D eigenvalue weighted by Gasteiger charge is 2.34. The minimum absolute atomic E-state index is 0.0332. The number of nitrogens with two attached hydrogens (primary N) is 1. The zero-order valence-electron chi connectivity index (χ0n) is 18.6. The van der Waals surface area contributed by atoms with E-state index in [0.29, 0.717) is 36.5 Å². The van der Waals surface area contributed by atoms with E-state index in [1.807, 2.05) is 63.7 Å². The summed E-state index contributed by atoms with van der Waals surface area (Å²) in [5.41, 5.74) is 12.8. The normalized spacial score (nSPS) is 13.1. The standard InChI is InChI=1S/C25H22N8O/c1-31-20(11-16-5-3-2-4-6-16)21-19(30-31)13-32(25(21)34)12-17-7-9-18(10-8-17)33-15-29-22-23(26)27-14-28-24(22)33/h2-10,14-15H,11-13H2,1H3,(H2,26,27,28). The molecule has 0 atom stereocenters. The first kappa shape index (κ1) is 20.1. The van der Waals surface area contributed by atoms with Gasteiger partial charge in [0.15, 0.2) is 17.0 Å². The number of imidazole rings is 1. The molecule has 0 unspecified atom stereocenters. The molecular weight excluding hydrogens is 428 g/mol. The number of benzene rings is 2. The van der Waals surface area contributed by atoms with Crippen molar-refractivity contribution in [2.45, 2.75) is 19.5 Å².